The van der Waals surface area contributed by atoms with Crippen molar-refractivity contribution < 1.29 is 23.3 Å². The number of allylic oxidation sites excluding steroid dienone is 1. The molecule has 4 fully saturated rings. The minimum Gasteiger partial charge on any atom is -0.347 e. The van der Waals surface area contributed by atoms with E-state index in [9.17, 15) is 0 Å². The molecule has 1 saturated carbocycles. The highest BCUT2D eigenvalue weighted by atomic mass is 32.9. The number of fused-ring (bicyclic) bond motifs is 3. The van der Waals surface area contributed by atoms with Crippen LogP contribution >= 0.6 is 17.1 Å². The third-order valence-corrected chi connectivity index (χ3v) is 13.5. The van der Waals surface area contributed by atoms with Crippen LogP contribution in [0.15, 0.2) is 24.8 Å². The SMILES string of the molecule is C=C(C)[C@H]1CC[C@@]2(C)OP(=S)(OC[C@H]3O[C@@H](n4cnc5c(C)ncnc54)[C@@H]4OC(C)(C)O[C@@H]43)SC2C1. The number of ether oxygens (including phenoxy) is 3. The van der Waals surface area contributed by atoms with Gasteiger partial charge in [0.05, 0.1) is 24.2 Å². The van der Waals surface area contributed by atoms with Crippen LogP contribution in [0.1, 0.15) is 58.9 Å². The first kappa shape index (κ1) is 25.4. The second-order valence-corrected chi connectivity index (χ2v) is 17.3. The van der Waals surface area contributed by atoms with Gasteiger partial charge in [0.25, 0.3) is 0 Å². The van der Waals surface area contributed by atoms with E-state index in [2.05, 4.69) is 35.4 Å². The normalized spacial score (nSPS) is 41.5. The molecule has 12 heteroatoms. The average Bonchev–Trinajstić information content (AvgIpc) is 3.51. The second kappa shape index (κ2) is 8.81. The van der Waals surface area contributed by atoms with Crippen LogP contribution < -0.4 is 0 Å². The molecule has 196 valence electrons. The summed E-state index contributed by atoms with van der Waals surface area (Å²) in [4.78, 5) is 13.2. The summed E-state index contributed by atoms with van der Waals surface area (Å²) >= 11 is 7.70. The molecule has 8 atom stereocenters. The van der Waals surface area contributed by atoms with Crippen molar-refractivity contribution in [2.45, 2.75) is 95.1 Å². The molecule has 0 aromatic carbocycles. The Labute approximate surface area is 220 Å². The van der Waals surface area contributed by atoms with Gasteiger partial charge in [-0.25, -0.2) is 15.0 Å². The molecule has 5 heterocycles. The third kappa shape index (κ3) is 4.29. The Balaban J connectivity index is 1.21. The first-order valence-electron chi connectivity index (χ1n) is 12.4. The molecule has 0 bridgehead atoms. The average molecular weight is 553 g/mol. The molecule has 2 aromatic heterocycles. The molecule has 0 radical (unpaired) electrons. The Morgan fingerprint density at radius 1 is 1.28 bits per heavy atom. The summed E-state index contributed by atoms with van der Waals surface area (Å²) < 4.78 is 33.9. The van der Waals surface area contributed by atoms with E-state index in [0.717, 1.165) is 30.5 Å². The predicted molar refractivity (Wildman–Crippen MR) is 141 cm³/mol. The Morgan fingerprint density at radius 3 is 2.83 bits per heavy atom. The van der Waals surface area contributed by atoms with Crippen LogP contribution in [0.2, 0.25) is 0 Å². The summed E-state index contributed by atoms with van der Waals surface area (Å²) in [6.07, 6.45) is 4.87. The maximum absolute atomic E-state index is 6.53. The van der Waals surface area contributed by atoms with Crippen LogP contribution in [0, 0.1) is 12.8 Å². The van der Waals surface area contributed by atoms with Gasteiger partial charge in [0.1, 0.15) is 30.2 Å². The standard InChI is InChI=1S/C24H33N4O5PS2/c1-13(2)15-7-8-24(6)17(9-15)36-34(35,33-24)29-10-16-19-20(32-23(4,5)31-19)22(30-16)28-12-27-18-14(3)25-11-26-21(18)28/h11-12,15-17,19-20,22H,1,7-10H2,2-6H3/t15-,16+,17?,19+,20+,22+,24+,34?/m0/s1. The predicted octanol–water partition coefficient (Wildman–Crippen LogP) is 5.06. The molecule has 0 spiro atoms. The molecular weight excluding hydrogens is 519 g/mol. The molecule has 2 aromatic rings. The molecule has 4 aliphatic rings. The first-order valence-corrected chi connectivity index (χ1v) is 16.5. The van der Waals surface area contributed by atoms with Crippen LogP contribution in [0.25, 0.3) is 11.2 Å². The molecule has 2 unspecified atom stereocenters. The van der Waals surface area contributed by atoms with Gasteiger partial charge in [-0.1, -0.05) is 23.5 Å². The summed E-state index contributed by atoms with van der Waals surface area (Å²) in [5.41, 5.74) is 0.702. The smallest absolute Gasteiger partial charge is 0.248 e. The van der Waals surface area contributed by atoms with Crippen LogP contribution in [0.5, 0.6) is 0 Å². The van der Waals surface area contributed by atoms with Gasteiger partial charge in [0, 0.05) is 5.25 Å². The first-order chi connectivity index (χ1) is 17.0. The van der Waals surface area contributed by atoms with E-state index in [4.69, 9.17) is 35.1 Å². The van der Waals surface area contributed by atoms with Crippen molar-refractivity contribution in [3.05, 3.63) is 30.5 Å². The fourth-order valence-corrected chi connectivity index (χ4v) is 12.6. The van der Waals surface area contributed by atoms with E-state index >= 15 is 0 Å². The van der Waals surface area contributed by atoms with Gasteiger partial charge in [0.15, 0.2) is 17.7 Å². The number of hydrogen-bond donors (Lipinski definition) is 0. The Morgan fingerprint density at radius 2 is 2.06 bits per heavy atom. The summed E-state index contributed by atoms with van der Waals surface area (Å²) in [6, 6.07) is 0. The molecule has 0 amide bonds. The summed E-state index contributed by atoms with van der Waals surface area (Å²) in [7, 11) is 0. The fraction of sp³-hybridized carbons (Fsp3) is 0.708. The molecule has 6 rings (SSSR count). The number of hydrogen-bond acceptors (Lipinski definition) is 10. The minimum atomic E-state index is -2.54. The highest BCUT2D eigenvalue weighted by Gasteiger charge is 2.58. The third-order valence-electron chi connectivity index (χ3n) is 7.78. The van der Waals surface area contributed by atoms with Crippen molar-refractivity contribution in [1.29, 1.82) is 0 Å². The van der Waals surface area contributed by atoms with Gasteiger partial charge < -0.3 is 23.3 Å². The van der Waals surface area contributed by atoms with Crippen molar-refractivity contribution >= 4 is 40.0 Å². The van der Waals surface area contributed by atoms with Crippen LogP contribution in [-0.4, -0.2) is 61.1 Å². The van der Waals surface area contributed by atoms with E-state index in [1.807, 2.05) is 25.3 Å². The van der Waals surface area contributed by atoms with Crippen molar-refractivity contribution in [3.63, 3.8) is 0 Å². The van der Waals surface area contributed by atoms with E-state index in [1.54, 1.807) is 17.7 Å². The van der Waals surface area contributed by atoms with Gasteiger partial charge in [-0.3, -0.25) is 4.57 Å². The van der Waals surface area contributed by atoms with Gasteiger partial charge in [-0.15, -0.1) is 0 Å². The number of imidazole rings is 1. The second-order valence-electron chi connectivity index (χ2n) is 11.0. The molecule has 36 heavy (non-hydrogen) atoms. The quantitative estimate of drug-likeness (QED) is 0.370. The summed E-state index contributed by atoms with van der Waals surface area (Å²) in [5, 5.41) is 0.314. The Kier molecular flexibility index (Phi) is 6.21. The highest BCUT2D eigenvalue weighted by molar-refractivity contribution is 8.68. The lowest BCUT2D eigenvalue weighted by molar-refractivity contribution is -0.198. The number of aryl methyl sites for hydroxylation is 1. The zero-order valence-electron chi connectivity index (χ0n) is 21.2. The molecule has 0 N–H and O–H groups in total. The van der Waals surface area contributed by atoms with Crippen LogP contribution in [-0.2, 0) is 35.1 Å². The van der Waals surface area contributed by atoms with E-state index in [0.29, 0.717) is 16.8 Å². The van der Waals surface area contributed by atoms with Crippen LogP contribution in [0.3, 0.4) is 0 Å². The molecular formula is C24H33N4O5PS2. The zero-order valence-corrected chi connectivity index (χ0v) is 23.8. The summed E-state index contributed by atoms with van der Waals surface area (Å²) in [6.45, 7) is 14.5. The minimum absolute atomic E-state index is 0.254. The lowest BCUT2D eigenvalue weighted by Crippen LogP contribution is -2.40. The number of rotatable bonds is 5. The highest BCUT2D eigenvalue weighted by Crippen LogP contribution is 2.74. The van der Waals surface area contributed by atoms with Crippen molar-refractivity contribution in [2.24, 2.45) is 5.92 Å². The molecule has 3 aliphatic heterocycles. The number of nitrogens with zero attached hydrogens (tertiary/aromatic N) is 4. The largest absolute Gasteiger partial charge is 0.347 e. The van der Waals surface area contributed by atoms with E-state index in [-0.39, 0.29) is 30.5 Å². The van der Waals surface area contributed by atoms with Gasteiger partial charge in [-0.2, -0.15) is 0 Å². The maximum atomic E-state index is 6.53. The van der Waals surface area contributed by atoms with Gasteiger partial charge >= 0.3 is 0 Å². The lowest BCUT2D eigenvalue weighted by Gasteiger charge is -2.37. The summed E-state index contributed by atoms with van der Waals surface area (Å²) in [5.74, 6) is -0.222. The Bertz CT molecular complexity index is 1260. The monoisotopic (exact) mass is 552 g/mol. The molecule has 1 aliphatic carbocycles. The number of aromatic nitrogens is 4. The van der Waals surface area contributed by atoms with Crippen molar-refractivity contribution in [1.82, 2.24) is 19.5 Å². The zero-order chi connectivity index (χ0) is 25.5. The topological polar surface area (TPSA) is 89.8 Å². The van der Waals surface area contributed by atoms with Gasteiger partial charge in [0.2, 0.25) is 5.69 Å². The Hall–Kier alpha value is -0.910. The van der Waals surface area contributed by atoms with Crippen molar-refractivity contribution in [3.8, 4) is 0 Å². The fourth-order valence-electron chi connectivity index (χ4n) is 5.78. The molecule has 9 nitrogen and oxygen atoms in total. The lowest BCUT2D eigenvalue weighted by atomic mass is 9.77. The maximum Gasteiger partial charge on any atom is 0.248 e. The van der Waals surface area contributed by atoms with E-state index < -0.39 is 17.7 Å². The molecule has 3 saturated heterocycles. The van der Waals surface area contributed by atoms with E-state index in [1.165, 1.54) is 11.9 Å². The van der Waals surface area contributed by atoms with Crippen molar-refractivity contribution in [2.75, 3.05) is 6.61 Å². The van der Waals surface area contributed by atoms with Crippen LogP contribution in [0.4, 0.5) is 0 Å². The van der Waals surface area contributed by atoms with Gasteiger partial charge in [-0.05, 0) is 71.6 Å².